The van der Waals surface area contributed by atoms with Crippen LogP contribution >= 0.6 is 22.9 Å². The monoisotopic (exact) mass is 334 g/mol. The molecule has 3 aromatic heterocycles. The van der Waals surface area contributed by atoms with Gasteiger partial charge in [0.05, 0.1) is 17.4 Å². The summed E-state index contributed by atoms with van der Waals surface area (Å²) in [6.07, 6.45) is 2.97. The Morgan fingerprint density at radius 3 is 2.82 bits per heavy atom. The first-order chi connectivity index (χ1) is 10.6. The van der Waals surface area contributed by atoms with Gasteiger partial charge in [-0.15, -0.1) is 16.4 Å². The van der Waals surface area contributed by atoms with Crippen LogP contribution in [0.1, 0.15) is 20.8 Å². The highest BCUT2D eigenvalue weighted by molar-refractivity contribution is 7.15. The summed E-state index contributed by atoms with van der Waals surface area (Å²) in [6, 6.07) is 3.31. The van der Waals surface area contributed by atoms with E-state index in [-0.39, 0.29) is 5.91 Å². The zero-order chi connectivity index (χ0) is 15.7. The summed E-state index contributed by atoms with van der Waals surface area (Å²) in [5.74, 6) is -0.239. The summed E-state index contributed by atoms with van der Waals surface area (Å²) >= 11 is 7.20. The van der Waals surface area contributed by atoms with E-state index in [9.17, 15) is 4.79 Å². The van der Waals surface area contributed by atoms with E-state index in [0.717, 1.165) is 10.4 Å². The Morgan fingerprint density at radius 1 is 1.36 bits per heavy atom. The van der Waals surface area contributed by atoms with Gasteiger partial charge in [0.1, 0.15) is 16.5 Å². The zero-order valence-electron chi connectivity index (χ0n) is 11.7. The third-order valence-corrected chi connectivity index (χ3v) is 4.56. The standard InChI is InChI=1S/C13H11ClN6OS/c1-7-8(2)22-13(20-6-16-18-19-20)11(7)12(21)17-9-3-4-10(14)15-5-9/h3-6H,1-2H3,(H,17,21). The summed E-state index contributed by atoms with van der Waals surface area (Å²) in [6.45, 7) is 3.85. The fraction of sp³-hybridized carbons (Fsp3) is 0.154. The topological polar surface area (TPSA) is 85.6 Å². The van der Waals surface area contributed by atoms with Gasteiger partial charge in [0.25, 0.3) is 5.91 Å². The molecule has 0 aliphatic rings. The van der Waals surface area contributed by atoms with Crippen LogP contribution in [0, 0.1) is 13.8 Å². The molecular formula is C13H11ClN6OS. The molecule has 0 atom stereocenters. The Balaban J connectivity index is 1.97. The number of amides is 1. The minimum absolute atomic E-state index is 0.239. The number of aromatic nitrogens is 5. The molecule has 1 N–H and O–H groups in total. The largest absolute Gasteiger partial charge is 0.320 e. The molecular weight excluding hydrogens is 324 g/mol. The van der Waals surface area contributed by atoms with Crippen LogP contribution < -0.4 is 5.32 Å². The Kier molecular flexibility index (Phi) is 3.86. The molecule has 0 radical (unpaired) electrons. The molecule has 3 aromatic rings. The van der Waals surface area contributed by atoms with Gasteiger partial charge in [0.2, 0.25) is 0 Å². The Hall–Kier alpha value is -2.32. The molecule has 1 amide bonds. The number of aryl methyl sites for hydroxylation is 1. The summed E-state index contributed by atoms with van der Waals surface area (Å²) in [4.78, 5) is 17.6. The second-order valence-electron chi connectivity index (χ2n) is 4.54. The maximum atomic E-state index is 12.6. The lowest BCUT2D eigenvalue weighted by Crippen LogP contribution is -2.15. The van der Waals surface area contributed by atoms with Crippen LogP contribution in [-0.2, 0) is 0 Å². The number of carbonyl (C=O) groups is 1. The Labute approximate surface area is 134 Å². The van der Waals surface area contributed by atoms with Gasteiger partial charge in [0, 0.05) is 4.88 Å². The van der Waals surface area contributed by atoms with E-state index < -0.39 is 0 Å². The maximum absolute atomic E-state index is 12.6. The quantitative estimate of drug-likeness (QED) is 0.744. The van der Waals surface area contributed by atoms with E-state index in [1.165, 1.54) is 28.5 Å². The molecule has 112 valence electrons. The molecule has 0 bridgehead atoms. The number of anilines is 1. The van der Waals surface area contributed by atoms with Crippen molar-refractivity contribution in [3.63, 3.8) is 0 Å². The number of thiophene rings is 1. The number of halogens is 1. The van der Waals surface area contributed by atoms with Crippen LogP contribution in [0.4, 0.5) is 5.69 Å². The number of hydrogen-bond donors (Lipinski definition) is 1. The van der Waals surface area contributed by atoms with Crippen molar-refractivity contribution >= 4 is 34.5 Å². The van der Waals surface area contributed by atoms with Gasteiger partial charge in [0.15, 0.2) is 0 Å². The van der Waals surface area contributed by atoms with E-state index in [1.807, 2.05) is 13.8 Å². The molecule has 0 unspecified atom stereocenters. The first-order valence-corrected chi connectivity index (χ1v) is 7.52. The van der Waals surface area contributed by atoms with Gasteiger partial charge in [-0.05, 0) is 42.0 Å². The minimum Gasteiger partial charge on any atom is -0.320 e. The normalized spacial score (nSPS) is 10.7. The highest BCUT2D eigenvalue weighted by atomic mass is 35.5. The van der Waals surface area contributed by atoms with Crippen LogP contribution in [0.5, 0.6) is 0 Å². The Morgan fingerprint density at radius 2 is 2.18 bits per heavy atom. The van der Waals surface area contributed by atoms with Crippen LogP contribution in [0.2, 0.25) is 5.15 Å². The molecule has 0 saturated heterocycles. The fourth-order valence-corrected chi connectivity index (χ4v) is 3.12. The second kappa shape index (κ2) is 5.82. The van der Waals surface area contributed by atoms with Gasteiger partial charge in [-0.3, -0.25) is 4.79 Å². The number of nitrogens with zero attached hydrogens (tertiary/aromatic N) is 5. The number of tetrazole rings is 1. The lowest BCUT2D eigenvalue weighted by Gasteiger charge is -2.07. The van der Waals surface area contributed by atoms with Crippen molar-refractivity contribution in [2.24, 2.45) is 0 Å². The van der Waals surface area contributed by atoms with Gasteiger partial charge in [-0.2, -0.15) is 4.68 Å². The van der Waals surface area contributed by atoms with Crippen molar-refractivity contribution in [2.45, 2.75) is 13.8 Å². The SMILES string of the molecule is Cc1sc(-n2cnnn2)c(C(=O)Nc2ccc(Cl)nc2)c1C. The second-order valence-corrected chi connectivity index (χ2v) is 6.13. The van der Waals surface area contributed by atoms with Crippen LogP contribution in [0.15, 0.2) is 24.7 Å². The van der Waals surface area contributed by atoms with E-state index in [4.69, 9.17) is 11.6 Å². The van der Waals surface area contributed by atoms with Crippen LogP contribution in [0.3, 0.4) is 0 Å². The molecule has 3 rings (SSSR count). The van der Waals surface area contributed by atoms with Crippen LogP contribution in [0.25, 0.3) is 5.00 Å². The molecule has 7 nitrogen and oxygen atoms in total. The smallest absolute Gasteiger partial charge is 0.259 e. The lowest BCUT2D eigenvalue weighted by atomic mass is 10.1. The third kappa shape index (κ3) is 2.70. The summed E-state index contributed by atoms with van der Waals surface area (Å²) in [5.41, 5.74) is 2.01. The maximum Gasteiger partial charge on any atom is 0.259 e. The third-order valence-electron chi connectivity index (χ3n) is 3.14. The predicted octanol–water partition coefficient (Wildman–Crippen LogP) is 2.64. The Bertz CT molecular complexity index is 812. The minimum atomic E-state index is -0.239. The van der Waals surface area contributed by atoms with E-state index >= 15 is 0 Å². The van der Waals surface area contributed by atoms with Crippen molar-refractivity contribution < 1.29 is 4.79 Å². The van der Waals surface area contributed by atoms with Gasteiger partial charge in [-0.1, -0.05) is 11.6 Å². The summed E-state index contributed by atoms with van der Waals surface area (Å²) in [7, 11) is 0. The van der Waals surface area contributed by atoms with Crippen molar-refractivity contribution in [3.8, 4) is 5.00 Å². The van der Waals surface area contributed by atoms with Crippen molar-refractivity contribution in [1.29, 1.82) is 0 Å². The molecule has 9 heteroatoms. The molecule has 0 spiro atoms. The van der Waals surface area contributed by atoms with E-state index in [0.29, 0.717) is 21.4 Å². The molecule has 3 heterocycles. The highest BCUT2D eigenvalue weighted by Gasteiger charge is 2.21. The average molecular weight is 335 g/mol. The van der Waals surface area contributed by atoms with Crippen molar-refractivity contribution in [3.05, 3.63) is 45.8 Å². The number of nitrogens with one attached hydrogen (secondary N) is 1. The fourth-order valence-electron chi connectivity index (χ4n) is 1.94. The average Bonchev–Trinajstić information content (AvgIpc) is 3.11. The van der Waals surface area contributed by atoms with Crippen LogP contribution in [-0.4, -0.2) is 31.1 Å². The summed E-state index contributed by atoms with van der Waals surface area (Å²) < 4.78 is 1.49. The molecule has 0 fully saturated rings. The zero-order valence-corrected chi connectivity index (χ0v) is 13.3. The van der Waals surface area contributed by atoms with Crippen molar-refractivity contribution in [2.75, 3.05) is 5.32 Å². The van der Waals surface area contributed by atoms with Gasteiger partial charge < -0.3 is 5.32 Å². The first kappa shape index (κ1) is 14.6. The highest BCUT2D eigenvalue weighted by Crippen LogP contribution is 2.30. The molecule has 22 heavy (non-hydrogen) atoms. The number of pyridine rings is 1. The molecule has 0 aromatic carbocycles. The molecule has 0 saturated carbocycles. The van der Waals surface area contributed by atoms with E-state index in [1.54, 1.807) is 12.1 Å². The van der Waals surface area contributed by atoms with Crippen molar-refractivity contribution in [1.82, 2.24) is 25.2 Å². The van der Waals surface area contributed by atoms with Gasteiger partial charge >= 0.3 is 0 Å². The number of rotatable bonds is 3. The number of hydrogen-bond acceptors (Lipinski definition) is 6. The molecule has 0 aliphatic carbocycles. The van der Waals surface area contributed by atoms with Gasteiger partial charge in [-0.25, -0.2) is 4.98 Å². The predicted molar refractivity (Wildman–Crippen MR) is 83.7 cm³/mol. The molecule has 0 aliphatic heterocycles. The lowest BCUT2D eigenvalue weighted by molar-refractivity contribution is 0.102. The van der Waals surface area contributed by atoms with E-state index in [2.05, 4.69) is 25.8 Å². The first-order valence-electron chi connectivity index (χ1n) is 6.32. The summed E-state index contributed by atoms with van der Waals surface area (Å²) in [5, 5.41) is 14.9. The number of carbonyl (C=O) groups excluding carboxylic acids is 1.